The number of likely N-dealkylation sites (N-methyl/N-ethyl adjacent to an activating group) is 1. The number of halogens is 1. The summed E-state index contributed by atoms with van der Waals surface area (Å²) in [5.41, 5.74) is 0.452. The number of piperidine rings is 1. The number of likely N-dealkylation sites (tertiary alicyclic amines) is 1. The maximum absolute atomic E-state index is 5.05. The molecule has 28 heavy (non-hydrogen) atoms. The zero-order chi connectivity index (χ0) is 19.7. The first-order valence-electron chi connectivity index (χ1n) is 11.5. The van der Waals surface area contributed by atoms with Gasteiger partial charge in [0.05, 0.1) is 0 Å². The molecule has 2 fully saturated rings. The molecule has 166 valence electrons. The van der Waals surface area contributed by atoms with E-state index in [1.807, 2.05) is 0 Å². The summed E-state index contributed by atoms with van der Waals surface area (Å²) in [7, 11) is 0. The standard InChI is InChI=1S/C22H45N5.HI/c1-6-10-22(5)11-9-12-27(19-22)21(23-7-2)24-17-20(4)18-26-15-13-25(8-3)14-16-26;/h20H,6-19H2,1-5H3,(H,23,24);1H. The summed E-state index contributed by atoms with van der Waals surface area (Å²) in [6.07, 6.45) is 5.25. The van der Waals surface area contributed by atoms with Gasteiger partial charge in [-0.25, -0.2) is 0 Å². The van der Waals surface area contributed by atoms with Crippen molar-refractivity contribution in [2.45, 2.75) is 60.3 Å². The molecule has 0 aliphatic carbocycles. The first-order chi connectivity index (χ1) is 13.0. The summed E-state index contributed by atoms with van der Waals surface area (Å²) in [6, 6.07) is 0. The van der Waals surface area contributed by atoms with Crippen LogP contribution in [0.2, 0.25) is 0 Å². The number of piperazine rings is 1. The van der Waals surface area contributed by atoms with Gasteiger partial charge in [0.15, 0.2) is 5.96 Å². The first-order valence-corrected chi connectivity index (χ1v) is 11.5. The lowest BCUT2D eigenvalue weighted by molar-refractivity contribution is 0.125. The molecule has 0 aromatic rings. The Bertz CT molecular complexity index is 446. The van der Waals surface area contributed by atoms with E-state index in [0.717, 1.165) is 32.1 Å². The molecule has 0 saturated carbocycles. The van der Waals surface area contributed by atoms with Crippen molar-refractivity contribution in [3.8, 4) is 0 Å². The van der Waals surface area contributed by atoms with Crippen LogP contribution in [-0.4, -0.2) is 86.1 Å². The maximum atomic E-state index is 5.05. The number of hydrogen-bond donors (Lipinski definition) is 1. The molecule has 5 nitrogen and oxygen atoms in total. The van der Waals surface area contributed by atoms with Gasteiger partial charge in [0, 0.05) is 58.9 Å². The minimum Gasteiger partial charge on any atom is -0.357 e. The van der Waals surface area contributed by atoms with Crippen LogP contribution < -0.4 is 5.32 Å². The fourth-order valence-corrected chi connectivity index (χ4v) is 4.76. The van der Waals surface area contributed by atoms with Crippen LogP contribution in [-0.2, 0) is 0 Å². The molecule has 2 aliphatic heterocycles. The van der Waals surface area contributed by atoms with Crippen molar-refractivity contribution in [1.82, 2.24) is 20.0 Å². The molecule has 0 spiro atoms. The van der Waals surface area contributed by atoms with Gasteiger partial charge in [0.1, 0.15) is 0 Å². The molecule has 0 aromatic heterocycles. The van der Waals surface area contributed by atoms with Crippen molar-refractivity contribution < 1.29 is 0 Å². The lowest BCUT2D eigenvalue weighted by Gasteiger charge is -2.42. The van der Waals surface area contributed by atoms with Gasteiger partial charge in [-0.05, 0) is 44.1 Å². The molecular formula is C22H46IN5. The van der Waals surface area contributed by atoms with Gasteiger partial charge in [-0.3, -0.25) is 4.99 Å². The van der Waals surface area contributed by atoms with Crippen LogP contribution in [0.15, 0.2) is 4.99 Å². The van der Waals surface area contributed by atoms with Crippen LogP contribution in [0.25, 0.3) is 0 Å². The van der Waals surface area contributed by atoms with Crippen molar-refractivity contribution >= 4 is 29.9 Å². The van der Waals surface area contributed by atoms with Gasteiger partial charge < -0.3 is 20.0 Å². The second kappa shape index (κ2) is 13.3. The van der Waals surface area contributed by atoms with Crippen molar-refractivity contribution in [3.63, 3.8) is 0 Å². The normalized spacial score (nSPS) is 26.0. The van der Waals surface area contributed by atoms with E-state index in [0.29, 0.717) is 11.3 Å². The number of guanidine groups is 1. The second-order valence-electron chi connectivity index (χ2n) is 9.12. The highest BCUT2D eigenvalue weighted by molar-refractivity contribution is 14.0. The molecule has 2 atom stereocenters. The first kappa shape index (κ1) is 26.0. The zero-order valence-corrected chi connectivity index (χ0v) is 21.5. The second-order valence-corrected chi connectivity index (χ2v) is 9.12. The highest BCUT2D eigenvalue weighted by Crippen LogP contribution is 2.33. The molecule has 6 heteroatoms. The Kier molecular flexibility index (Phi) is 12.3. The van der Waals surface area contributed by atoms with E-state index in [2.05, 4.69) is 54.6 Å². The average Bonchev–Trinajstić information content (AvgIpc) is 2.65. The van der Waals surface area contributed by atoms with Crippen molar-refractivity contribution in [2.75, 3.05) is 65.4 Å². The molecule has 1 N–H and O–H groups in total. The number of aliphatic imine (C=N–C) groups is 1. The number of nitrogens with zero attached hydrogens (tertiary/aromatic N) is 4. The predicted octanol–water partition coefficient (Wildman–Crippen LogP) is 3.75. The van der Waals surface area contributed by atoms with E-state index in [1.54, 1.807) is 0 Å². The third-order valence-electron chi connectivity index (χ3n) is 6.30. The highest BCUT2D eigenvalue weighted by atomic mass is 127. The molecule has 2 saturated heterocycles. The van der Waals surface area contributed by atoms with E-state index >= 15 is 0 Å². The summed E-state index contributed by atoms with van der Waals surface area (Å²) in [4.78, 5) is 12.7. The molecule has 2 aliphatic rings. The van der Waals surface area contributed by atoms with Crippen molar-refractivity contribution in [2.24, 2.45) is 16.3 Å². The van der Waals surface area contributed by atoms with E-state index < -0.39 is 0 Å². The van der Waals surface area contributed by atoms with Gasteiger partial charge in [0.2, 0.25) is 0 Å². The Morgan fingerprint density at radius 2 is 1.75 bits per heavy atom. The molecule has 2 heterocycles. The highest BCUT2D eigenvalue weighted by Gasteiger charge is 2.31. The van der Waals surface area contributed by atoms with Gasteiger partial charge in [0.25, 0.3) is 0 Å². The molecule has 0 amide bonds. The molecule has 0 radical (unpaired) electrons. The van der Waals surface area contributed by atoms with Crippen LogP contribution in [0, 0.1) is 11.3 Å². The lowest BCUT2D eigenvalue weighted by atomic mass is 9.78. The molecule has 0 aromatic carbocycles. The van der Waals surface area contributed by atoms with Crippen LogP contribution in [0.4, 0.5) is 0 Å². The smallest absolute Gasteiger partial charge is 0.193 e. The minimum atomic E-state index is 0. The van der Waals surface area contributed by atoms with Crippen LogP contribution in [0.5, 0.6) is 0 Å². The molecule has 2 rings (SSSR count). The third kappa shape index (κ3) is 8.34. The van der Waals surface area contributed by atoms with Crippen LogP contribution >= 0.6 is 24.0 Å². The Morgan fingerprint density at radius 3 is 2.36 bits per heavy atom. The van der Waals surface area contributed by atoms with Gasteiger partial charge in [-0.2, -0.15) is 0 Å². The monoisotopic (exact) mass is 507 g/mol. The van der Waals surface area contributed by atoms with E-state index in [-0.39, 0.29) is 24.0 Å². The summed E-state index contributed by atoms with van der Waals surface area (Å²) in [5, 5.41) is 3.56. The number of nitrogens with one attached hydrogen (secondary N) is 1. The average molecular weight is 508 g/mol. The SMILES string of the molecule is CCCC1(C)CCCN(C(=NCC(C)CN2CCN(CC)CC2)NCC)C1.I. The molecule has 2 unspecified atom stereocenters. The summed E-state index contributed by atoms with van der Waals surface area (Å²) >= 11 is 0. The third-order valence-corrected chi connectivity index (χ3v) is 6.30. The van der Waals surface area contributed by atoms with Gasteiger partial charge in [-0.1, -0.05) is 34.1 Å². The van der Waals surface area contributed by atoms with Crippen LogP contribution in [0.3, 0.4) is 0 Å². The molecule has 0 bridgehead atoms. The largest absolute Gasteiger partial charge is 0.357 e. The zero-order valence-electron chi connectivity index (χ0n) is 19.2. The predicted molar refractivity (Wildman–Crippen MR) is 133 cm³/mol. The molecular weight excluding hydrogens is 461 g/mol. The van der Waals surface area contributed by atoms with Gasteiger partial charge in [-0.15, -0.1) is 24.0 Å². The van der Waals surface area contributed by atoms with E-state index in [1.165, 1.54) is 65.0 Å². The van der Waals surface area contributed by atoms with Gasteiger partial charge >= 0.3 is 0 Å². The Balaban J connectivity index is 0.00000392. The Labute approximate surface area is 191 Å². The Hall–Kier alpha value is -0.0800. The van der Waals surface area contributed by atoms with E-state index in [4.69, 9.17) is 4.99 Å². The fraction of sp³-hybridized carbons (Fsp3) is 0.955. The van der Waals surface area contributed by atoms with Crippen LogP contribution in [0.1, 0.15) is 60.3 Å². The van der Waals surface area contributed by atoms with Crippen molar-refractivity contribution in [1.29, 1.82) is 0 Å². The van der Waals surface area contributed by atoms with E-state index in [9.17, 15) is 0 Å². The minimum absolute atomic E-state index is 0. The summed E-state index contributed by atoms with van der Waals surface area (Å²) in [6.45, 7) is 23.0. The topological polar surface area (TPSA) is 34.1 Å². The quantitative estimate of drug-likeness (QED) is 0.308. The van der Waals surface area contributed by atoms with Crippen molar-refractivity contribution in [3.05, 3.63) is 0 Å². The number of hydrogen-bond acceptors (Lipinski definition) is 3. The summed E-state index contributed by atoms with van der Waals surface area (Å²) in [5.74, 6) is 1.75. The fourth-order valence-electron chi connectivity index (χ4n) is 4.76. The summed E-state index contributed by atoms with van der Waals surface area (Å²) < 4.78 is 0. The lowest BCUT2D eigenvalue weighted by Crippen LogP contribution is -2.50. The maximum Gasteiger partial charge on any atom is 0.193 e. The number of rotatable bonds is 8. The Morgan fingerprint density at radius 1 is 1.07 bits per heavy atom.